The summed E-state index contributed by atoms with van der Waals surface area (Å²) in [6.07, 6.45) is 2.44. The molecule has 1 amide bonds. The number of hydrogen-bond acceptors (Lipinski definition) is 4. The van der Waals surface area contributed by atoms with E-state index in [1.54, 1.807) is 0 Å². The number of nitrogens with one attached hydrogen (secondary N) is 1. The number of anilines is 1. The Kier molecular flexibility index (Phi) is 5.62. The molecule has 0 radical (unpaired) electrons. The molecule has 5 nitrogen and oxygen atoms in total. The summed E-state index contributed by atoms with van der Waals surface area (Å²) in [6, 6.07) is 19.6. The Morgan fingerprint density at radius 1 is 1.10 bits per heavy atom. The maximum Gasteiger partial charge on any atom is 0.225 e. The molecule has 0 atom stereocenters. The molecule has 6 heteroatoms. The van der Waals surface area contributed by atoms with Crippen molar-refractivity contribution in [2.45, 2.75) is 25.2 Å². The van der Waals surface area contributed by atoms with Crippen molar-refractivity contribution in [3.8, 4) is 0 Å². The molecule has 0 bridgehead atoms. The quantitative estimate of drug-likeness (QED) is 0.429. The van der Waals surface area contributed by atoms with Crippen molar-refractivity contribution in [3.63, 3.8) is 0 Å². The Balaban J connectivity index is 1.14. The van der Waals surface area contributed by atoms with E-state index in [4.69, 9.17) is 16.0 Å². The molecule has 0 saturated carbocycles. The number of oxazole rings is 1. The van der Waals surface area contributed by atoms with Crippen LogP contribution in [0, 0.1) is 0 Å². The first kappa shape index (κ1) is 20.0. The Hall–Kier alpha value is -2.89. The Morgan fingerprint density at radius 3 is 2.77 bits per heavy atom. The highest BCUT2D eigenvalue weighted by Gasteiger charge is 2.25. The molecule has 1 N–H and O–H groups in total. The molecule has 1 fully saturated rings. The molecule has 1 aromatic heterocycles. The average molecular weight is 434 g/mol. The Labute approximate surface area is 186 Å². The van der Waals surface area contributed by atoms with Crippen LogP contribution in [-0.4, -0.2) is 35.4 Å². The monoisotopic (exact) mass is 433 g/mol. The van der Waals surface area contributed by atoms with Gasteiger partial charge in [-0.3, -0.25) is 4.79 Å². The number of likely N-dealkylation sites (tertiary alicyclic amines) is 1. The van der Waals surface area contributed by atoms with Crippen LogP contribution < -0.4 is 5.32 Å². The summed E-state index contributed by atoms with van der Waals surface area (Å²) in [4.78, 5) is 19.5. The van der Waals surface area contributed by atoms with Gasteiger partial charge in [0.2, 0.25) is 5.91 Å². The lowest BCUT2D eigenvalue weighted by molar-refractivity contribution is -0.116. The normalized spacial score (nSPS) is 15.5. The van der Waals surface area contributed by atoms with Gasteiger partial charge in [0, 0.05) is 35.0 Å². The second-order valence-electron chi connectivity index (χ2n) is 8.10. The van der Waals surface area contributed by atoms with Gasteiger partial charge < -0.3 is 14.6 Å². The fraction of sp³-hybridized carbons (Fsp3) is 0.280. The standard InChI is InChI=1S/C25H24ClN3O2/c26-19-8-9-23-22(16-19)28-25(31-23)18-10-13-29(14-11-18)15-12-24(30)27-21-7-3-5-17-4-1-2-6-20(17)21/h1-9,16,18H,10-15H2,(H,27,30). The van der Waals surface area contributed by atoms with E-state index in [-0.39, 0.29) is 5.91 Å². The minimum absolute atomic E-state index is 0.0503. The van der Waals surface area contributed by atoms with E-state index in [0.717, 1.165) is 65.9 Å². The van der Waals surface area contributed by atoms with Gasteiger partial charge in [-0.2, -0.15) is 0 Å². The lowest BCUT2D eigenvalue weighted by atomic mass is 9.96. The molecule has 1 aliphatic heterocycles. The summed E-state index contributed by atoms with van der Waals surface area (Å²) in [5.74, 6) is 1.16. The molecule has 0 unspecified atom stereocenters. The first-order valence-electron chi connectivity index (χ1n) is 10.7. The van der Waals surface area contributed by atoms with Crippen molar-refractivity contribution in [2.24, 2.45) is 0 Å². The highest BCUT2D eigenvalue weighted by molar-refractivity contribution is 6.31. The van der Waals surface area contributed by atoms with Crippen molar-refractivity contribution >= 4 is 45.1 Å². The number of benzene rings is 3. The van der Waals surface area contributed by atoms with Crippen molar-refractivity contribution in [2.75, 3.05) is 25.0 Å². The number of rotatable bonds is 5. The molecule has 158 valence electrons. The molecule has 31 heavy (non-hydrogen) atoms. The van der Waals surface area contributed by atoms with Gasteiger partial charge in [-0.15, -0.1) is 0 Å². The third-order valence-electron chi connectivity index (χ3n) is 6.02. The van der Waals surface area contributed by atoms with Crippen LogP contribution in [0.2, 0.25) is 5.02 Å². The van der Waals surface area contributed by atoms with Gasteiger partial charge in [0.15, 0.2) is 11.5 Å². The first-order valence-corrected chi connectivity index (χ1v) is 11.1. The smallest absolute Gasteiger partial charge is 0.225 e. The number of amides is 1. The number of halogens is 1. The fourth-order valence-electron chi connectivity index (χ4n) is 4.30. The molecule has 4 aromatic rings. The van der Waals surface area contributed by atoms with Crippen molar-refractivity contribution in [1.82, 2.24) is 9.88 Å². The van der Waals surface area contributed by atoms with E-state index in [9.17, 15) is 4.79 Å². The van der Waals surface area contributed by atoms with Crippen LogP contribution in [0.1, 0.15) is 31.1 Å². The van der Waals surface area contributed by atoms with E-state index in [0.29, 0.717) is 17.4 Å². The largest absolute Gasteiger partial charge is 0.440 e. The number of hydrogen-bond donors (Lipinski definition) is 1. The van der Waals surface area contributed by atoms with Gasteiger partial charge in [0.25, 0.3) is 0 Å². The summed E-state index contributed by atoms with van der Waals surface area (Å²) in [6.45, 7) is 2.63. The van der Waals surface area contributed by atoms with Gasteiger partial charge in [0.1, 0.15) is 5.52 Å². The highest BCUT2D eigenvalue weighted by atomic mass is 35.5. The van der Waals surface area contributed by atoms with E-state index in [2.05, 4.69) is 27.3 Å². The summed E-state index contributed by atoms with van der Waals surface area (Å²) in [5, 5.41) is 5.94. The van der Waals surface area contributed by atoms with Crippen molar-refractivity contribution in [1.29, 1.82) is 0 Å². The van der Waals surface area contributed by atoms with Crippen molar-refractivity contribution in [3.05, 3.63) is 71.6 Å². The van der Waals surface area contributed by atoms with Gasteiger partial charge >= 0.3 is 0 Å². The average Bonchev–Trinajstić information content (AvgIpc) is 3.21. The summed E-state index contributed by atoms with van der Waals surface area (Å²) in [7, 11) is 0. The zero-order valence-electron chi connectivity index (χ0n) is 17.2. The molecule has 3 aromatic carbocycles. The van der Waals surface area contributed by atoms with E-state index in [1.165, 1.54) is 0 Å². The minimum Gasteiger partial charge on any atom is -0.440 e. The lowest BCUT2D eigenvalue weighted by Crippen LogP contribution is -2.35. The maximum absolute atomic E-state index is 12.5. The Morgan fingerprint density at radius 2 is 1.90 bits per heavy atom. The number of carbonyl (C=O) groups is 1. The summed E-state index contributed by atoms with van der Waals surface area (Å²) < 4.78 is 5.95. The molecule has 5 rings (SSSR count). The number of piperidine rings is 1. The van der Waals surface area contributed by atoms with Crippen LogP contribution in [0.25, 0.3) is 21.9 Å². The summed E-state index contributed by atoms with van der Waals surface area (Å²) >= 11 is 6.05. The lowest BCUT2D eigenvalue weighted by Gasteiger charge is -2.30. The van der Waals surface area contributed by atoms with E-state index >= 15 is 0 Å². The molecule has 0 spiro atoms. The van der Waals surface area contributed by atoms with Gasteiger partial charge in [-0.1, -0.05) is 48.0 Å². The van der Waals surface area contributed by atoms with E-state index in [1.807, 2.05) is 48.5 Å². The van der Waals surface area contributed by atoms with Crippen LogP contribution in [0.3, 0.4) is 0 Å². The van der Waals surface area contributed by atoms with Gasteiger partial charge in [0.05, 0.1) is 0 Å². The topological polar surface area (TPSA) is 58.4 Å². The number of fused-ring (bicyclic) bond motifs is 2. The fourth-order valence-corrected chi connectivity index (χ4v) is 4.47. The predicted molar refractivity (Wildman–Crippen MR) is 125 cm³/mol. The van der Waals surface area contributed by atoms with Crippen LogP contribution in [0.4, 0.5) is 5.69 Å². The second kappa shape index (κ2) is 8.69. The SMILES string of the molecule is O=C(CCN1CCC(c2nc3cc(Cl)ccc3o2)CC1)Nc1cccc2ccccc12. The Bertz CT molecular complexity index is 1220. The van der Waals surface area contributed by atoms with Gasteiger partial charge in [-0.05, 0) is 55.6 Å². The first-order chi connectivity index (χ1) is 15.2. The molecule has 0 aliphatic carbocycles. The van der Waals surface area contributed by atoms with Crippen LogP contribution in [0.15, 0.2) is 65.1 Å². The maximum atomic E-state index is 12.5. The third-order valence-corrected chi connectivity index (χ3v) is 6.26. The minimum atomic E-state index is 0.0503. The van der Waals surface area contributed by atoms with Crippen LogP contribution in [0.5, 0.6) is 0 Å². The van der Waals surface area contributed by atoms with E-state index < -0.39 is 0 Å². The second-order valence-corrected chi connectivity index (χ2v) is 8.54. The number of carbonyl (C=O) groups excluding carboxylic acids is 1. The van der Waals surface area contributed by atoms with Gasteiger partial charge in [-0.25, -0.2) is 4.98 Å². The highest BCUT2D eigenvalue weighted by Crippen LogP contribution is 2.31. The van der Waals surface area contributed by atoms with Crippen molar-refractivity contribution < 1.29 is 9.21 Å². The third kappa shape index (κ3) is 4.43. The van der Waals surface area contributed by atoms with Crippen LogP contribution >= 0.6 is 11.6 Å². The van der Waals surface area contributed by atoms with Crippen LogP contribution in [-0.2, 0) is 4.79 Å². The molecular formula is C25H24ClN3O2. The zero-order chi connectivity index (χ0) is 21.2. The predicted octanol–water partition coefficient (Wildman–Crippen LogP) is 5.84. The molecule has 1 aliphatic rings. The summed E-state index contributed by atoms with van der Waals surface area (Å²) in [5.41, 5.74) is 2.47. The number of aromatic nitrogens is 1. The zero-order valence-corrected chi connectivity index (χ0v) is 17.9. The molecular weight excluding hydrogens is 410 g/mol. The molecule has 1 saturated heterocycles. The number of nitrogens with zero attached hydrogens (tertiary/aromatic N) is 2. The molecule has 2 heterocycles.